The van der Waals surface area contributed by atoms with Crippen molar-refractivity contribution in [2.24, 2.45) is 7.05 Å². The zero-order chi connectivity index (χ0) is 10.7. The van der Waals surface area contributed by atoms with Crippen LogP contribution in [0.3, 0.4) is 0 Å². The Kier molecular flexibility index (Phi) is 2.96. The highest BCUT2D eigenvalue weighted by atomic mass is 32.1. The summed E-state index contributed by atoms with van der Waals surface area (Å²) in [5.41, 5.74) is 0. The second kappa shape index (κ2) is 4.39. The Hall–Kier alpha value is -1.43. The summed E-state index contributed by atoms with van der Waals surface area (Å²) in [5, 5.41) is 13.1. The minimum atomic E-state index is 0.848. The molecule has 1 N–H and O–H groups in total. The number of hydrogen-bond acceptors (Lipinski definition) is 5. The molecule has 0 aromatic carbocycles. The van der Waals surface area contributed by atoms with E-state index >= 15 is 0 Å². The van der Waals surface area contributed by atoms with E-state index in [4.69, 9.17) is 0 Å². The summed E-state index contributed by atoms with van der Waals surface area (Å²) >= 11 is 1.53. The fourth-order valence-electron chi connectivity index (χ4n) is 1.19. The Morgan fingerprint density at radius 1 is 1.47 bits per heavy atom. The number of imidazole rings is 1. The van der Waals surface area contributed by atoms with Crippen molar-refractivity contribution in [3.8, 4) is 10.8 Å². The lowest BCUT2D eigenvalue weighted by Gasteiger charge is -1.96. The van der Waals surface area contributed by atoms with E-state index in [9.17, 15) is 0 Å². The molecule has 5 nitrogen and oxygen atoms in total. The van der Waals surface area contributed by atoms with Gasteiger partial charge in [0.2, 0.25) is 5.13 Å². The van der Waals surface area contributed by atoms with Gasteiger partial charge in [0, 0.05) is 26.0 Å². The summed E-state index contributed by atoms with van der Waals surface area (Å²) in [6, 6.07) is 0. The first-order valence-electron chi connectivity index (χ1n) is 4.86. The Morgan fingerprint density at radius 2 is 2.33 bits per heavy atom. The van der Waals surface area contributed by atoms with Gasteiger partial charge >= 0.3 is 0 Å². The van der Waals surface area contributed by atoms with Gasteiger partial charge in [-0.05, 0) is 6.42 Å². The standard InChI is InChI=1S/C9H13N5S/c1-3-4-11-9-13-12-8(15-9)7-10-5-6-14(7)2/h5-6H,3-4H2,1-2H3,(H,11,13). The van der Waals surface area contributed by atoms with E-state index in [1.54, 1.807) is 6.20 Å². The van der Waals surface area contributed by atoms with Gasteiger partial charge in [0.1, 0.15) is 0 Å². The lowest BCUT2D eigenvalue weighted by Crippen LogP contribution is -1.98. The van der Waals surface area contributed by atoms with Crippen LogP contribution in [0.4, 0.5) is 5.13 Å². The van der Waals surface area contributed by atoms with Crippen molar-refractivity contribution in [2.75, 3.05) is 11.9 Å². The van der Waals surface area contributed by atoms with Gasteiger partial charge in [-0.25, -0.2) is 4.98 Å². The van der Waals surface area contributed by atoms with Crippen LogP contribution in [0.25, 0.3) is 10.8 Å². The van der Waals surface area contributed by atoms with Crippen LogP contribution >= 0.6 is 11.3 Å². The normalized spacial score (nSPS) is 10.5. The minimum Gasteiger partial charge on any atom is -0.360 e. The van der Waals surface area contributed by atoms with Crippen LogP contribution in [-0.4, -0.2) is 26.3 Å². The van der Waals surface area contributed by atoms with Crippen LogP contribution in [0.15, 0.2) is 12.4 Å². The largest absolute Gasteiger partial charge is 0.360 e. The molecular weight excluding hydrogens is 210 g/mol. The Balaban J connectivity index is 2.17. The van der Waals surface area contributed by atoms with E-state index in [0.29, 0.717) is 0 Å². The summed E-state index contributed by atoms with van der Waals surface area (Å²) in [4.78, 5) is 4.22. The molecule has 2 aromatic heterocycles. The van der Waals surface area contributed by atoms with Crippen molar-refractivity contribution < 1.29 is 0 Å². The second-order valence-corrected chi connectivity index (χ2v) is 4.18. The molecule has 6 heteroatoms. The molecule has 0 atom stereocenters. The van der Waals surface area contributed by atoms with Gasteiger partial charge in [-0.1, -0.05) is 18.3 Å². The Bertz CT molecular complexity index is 433. The van der Waals surface area contributed by atoms with Gasteiger partial charge in [-0.15, -0.1) is 10.2 Å². The maximum absolute atomic E-state index is 4.22. The molecule has 0 aliphatic rings. The third-order valence-corrected chi connectivity index (χ3v) is 2.84. The molecule has 0 saturated carbocycles. The molecule has 0 radical (unpaired) electrons. The molecule has 0 aliphatic heterocycles. The lowest BCUT2D eigenvalue weighted by molar-refractivity contribution is 0.914. The van der Waals surface area contributed by atoms with Crippen LogP contribution in [0.5, 0.6) is 0 Å². The van der Waals surface area contributed by atoms with E-state index < -0.39 is 0 Å². The molecular formula is C9H13N5S. The topological polar surface area (TPSA) is 55.6 Å². The monoisotopic (exact) mass is 223 g/mol. The van der Waals surface area contributed by atoms with Crippen molar-refractivity contribution in [3.05, 3.63) is 12.4 Å². The molecule has 0 unspecified atom stereocenters. The average molecular weight is 223 g/mol. The van der Waals surface area contributed by atoms with Crippen LogP contribution in [0, 0.1) is 0 Å². The Morgan fingerprint density at radius 3 is 3.00 bits per heavy atom. The maximum Gasteiger partial charge on any atom is 0.206 e. The predicted molar refractivity (Wildman–Crippen MR) is 60.9 cm³/mol. The number of hydrogen-bond donors (Lipinski definition) is 1. The van der Waals surface area contributed by atoms with Crippen molar-refractivity contribution in [3.63, 3.8) is 0 Å². The van der Waals surface area contributed by atoms with Crippen molar-refractivity contribution >= 4 is 16.5 Å². The number of aromatic nitrogens is 4. The summed E-state index contributed by atoms with van der Waals surface area (Å²) < 4.78 is 1.93. The maximum atomic E-state index is 4.22. The molecule has 0 saturated heterocycles. The van der Waals surface area contributed by atoms with E-state index in [1.807, 2.05) is 17.8 Å². The number of aryl methyl sites for hydroxylation is 1. The second-order valence-electron chi connectivity index (χ2n) is 3.20. The zero-order valence-electron chi connectivity index (χ0n) is 8.77. The SMILES string of the molecule is CCCNc1nnc(-c2nccn2C)s1. The molecule has 0 amide bonds. The minimum absolute atomic E-state index is 0.848. The van der Waals surface area contributed by atoms with Gasteiger partial charge in [0.05, 0.1) is 0 Å². The smallest absolute Gasteiger partial charge is 0.206 e. The number of nitrogens with one attached hydrogen (secondary N) is 1. The first kappa shape index (κ1) is 10.1. The number of rotatable bonds is 4. The van der Waals surface area contributed by atoms with E-state index in [2.05, 4.69) is 27.4 Å². The third-order valence-electron chi connectivity index (χ3n) is 1.96. The highest BCUT2D eigenvalue weighted by molar-refractivity contribution is 7.18. The van der Waals surface area contributed by atoms with Gasteiger partial charge in [0.25, 0.3) is 0 Å². The van der Waals surface area contributed by atoms with Crippen LogP contribution in [0.1, 0.15) is 13.3 Å². The number of anilines is 1. The molecule has 2 aromatic rings. The summed E-state index contributed by atoms with van der Waals surface area (Å²) in [7, 11) is 1.95. The first-order valence-corrected chi connectivity index (χ1v) is 5.68. The van der Waals surface area contributed by atoms with Crippen molar-refractivity contribution in [1.82, 2.24) is 19.7 Å². The molecule has 80 valence electrons. The van der Waals surface area contributed by atoms with Crippen LogP contribution in [0.2, 0.25) is 0 Å². The zero-order valence-corrected chi connectivity index (χ0v) is 9.58. The average Bonchev–Trinajstić information content (AvgIpc) is 2.83. The lowest BCUT2D eigenvalue weighted by atomic mass is 10.5. The molecule has 0 spiro atoms. The van der Waals surface area contributed by atoms with Crippen LogP contribution in [-0.2, 0) is 7.05 Å². The Labute approximate surface area is 92.2 Å². The van der Waals surface area contributed by atoms with E-state index in [1.165, 1.54) is 11.3 Å². The van der Waals surface area contributed by atoms with Crippen LogP contribution < -0.4 is 5.32 Å². The van der Waals surface area contributed by atoms with Crippen molar-refractivity contribution in [2.45, 2.75) is 13.3 Å². The highest BCUT2D eigenvalue weighted by Gasteiger charge is 2.09. The fourth-order valence-corrected chi connectivity index (χ4v) is 2.00. The van der Waals surface area contributed by atoms with Gasteiger partial charge in [-0.2, -0.15) is 0 Å². The van der Waals surface area contributed by atoms with E-state index in [-0.39, 0.29) is 0 Å². The number of nitrogens with zero attached hydrogens (tertiary/aromatic N) is 4. The predicted octanol–water partition coefficient (Wildman–Crippen LogP) is 1.76. The fraction of sp³-hybridized carbons (Fsp3) is 0.444. The summed E-state index contributed by atoms with van der Waals surface area (Å²) in [6.07, 6.45) is 4.74. The summed E-state index contributed by atoms with van der Waals surface area (Å²) in [5.74, 6) is 0.858. The molecule has 0 bridgehead atoms. The van der Waals surface area contributed by atoms with Gasteiger partial charge < -0.3 is 9.88 Å². The molecule has 15 heavy (non-hydrogen) atoms. The molecule has 2 heterocycles. The molecule has 0 aliphatic carbocycles. The van der Waals surface area contributed by atoms with Gasteiger partial charge in [0.15, 0.2) is 10.8 Å². The first-order chi connectivity index (χ1) is 7.31. The summed E-state index contributed by atoms with van der Waals surface area (Å²) in [6.45, 7) is 3.04. The van der Waals surface area contributed by atoms with Gasteiger partial charge in [-0.3, -0.25) is 0 Å². The van der Waals surface area contributed by atoms with Crippen molar-refractivity contribution in [1.29, 1.82) is 0 Å². The molecule has 2 rings (SSSR count). The molecule has 0 fully saturated rings. The van der Waals surface area contributed by atoms with E-state index in [0.717, 1.165) is 28.9 Å². The third kappa shape index (κ3) is 2.15. The highest BCUT2D eigenvalue weighted by Crippen LogP contribution is 2.24. The quantitative estimate of drug-likeness (QED) is 0.858.